The average Bonchev–Trinajstić information content (AvgIpc) is 2.88. The van der Waals surface area contributed by atoms with Crippen molar-refractivity contribution in [2.24, 2.45) is 5.73 Å². The summed E-state index contributed by atoms with van der Waals surface area (Å²) in [4.78, 5) is 15.2. The van der Waals surface area contributed by atoms with E-state index in [4.69, 9.17) is 11.5 Å². The van der Waals surface area contributed by atoms with Crippen LogP contribution in [0.1, 0.15) is 10.5 Å². The first kappa shape index (κ1) is 12.1. The second-order valence-electron chi connectivity index (χ2n) is 4.21. The number of aromatic nitrogens is 3. The van der Waals surface area contributed by atoms with Crippen molar-refractivity contribution in [3.05, 3.63) is 48.2 Å². The Morgan fingerprint density at radius 3 is 2.85 bits per heavy atom. The molecular formula is C13H10FN5O. The number of carbonyl (C=O) groups excluding carboxylic acids is 1. The van der Waals surface area contributed by atoms with Crippen LogP contribution >= 0.6 is 0 Å². The van der Waals surface area contributed by atoms with Gasteiger partial charge in [0, 0.05) is 23.5 Å². The molecule has 0 saturated heterocycles. The number of nitrogens with two attached hydrogens (primary N) is 2. The van der Waals surface area contributed by atoms with Gasteiger partial charge < -0.3 is 11.5 Å². The van der Waals surface area contributed by atoms with Crippen LogP contribution < -0.4 is 11.5 Å². The van der Waals surface area contributed by atoms with E-state index < -0.39 is 11.7 Å². The molecule has 1 amide bonds. The fraction of sp³-hybridized carbons (Fsp3) is 0. The summed E-state index contributed by atoms with van der Waals surface area (Å²) in [5.74, 6) is -1.26. The van der Waals surface area contributed by atoms with E-state index in [9.17, 15) is 9.18 Å². The lowest BCUT2D eigenvalue weighted by Crippen LogP contribution is -2.12. The summed E-state index contributed by atoms with van der Waals surface area (Å²) in [5.41, 5.74) is 11.7. The zero-order chi connectivity index (χ0) is 14.3. The van der Waals surface area contributed by atoms with Crippen LogP contribution in [0.25, 0.3) is 16.6 Å². The Morgan fingerprint density at radius 1 is 1.35 bits per heavy atom. The molecule has 0 radical (unpaired) electrons. The van der Waals surface area contributed by atoms with E-state index >= 15 is 0 Å². The first-order valence-electron chi connectivity index (χ1n) is 5.76. The average molecular weight is 271 g/mol. The number of anilines is 1. The van der Waals surface area contributed by atoms with Crippen molar-refractivity contribution >= 4 is 22.5 Å². The number of amides is 1. The van der Waals surface area contributed by atoms with Crippen LogP contribution in [-0.2, 0) is 0 Å². The number of primary amides is 1. The minimum absolute atomic E-state index is 0.0466. The maximum atomic E-state index is 14.2. The molecular weight excluding hydrogens is 261 g/mol. The van der Waals surface area contributed by atoms with Crippen molar-refractivity contribution in [2.45, 2.75) is 0 Å². The molecule has 2 heterocycles. The molecule has 0 fully saturated rings. The minimum atomic E-state index is -0.683. The zero-order valence-corrected chi connectivity index (χ0v) is 10.2. The molecule has 3 rings (SSSR count). The van der Waals surface area contributed by atoms with Crippen LogP contribution in [0.2, 0.25) is 0 Å². The summed E-state index contributed by atoms with van der Waals surface area (Å²) in [6, 6.07) is 6.05. The summed E-state index contributed by atoms with van der Waals surface area (Å²) in [7, 11) is 0. The number of hydrogen-bond acceptors (Lipinski definition) is 4. The van der Waals surface area contributed by atoms with Gasteiger partial charge in [0.05, 0.1) is 0 Å². The molecule has 0 aliphatic heterocycles. The van der Waals surface area contributed by atoms with E-state index in [-0.39, 0.29) is 17.1 Å². The van der Waals surface area contributed by atoms with E-state index in [2.05, 4.69) is 10.1 Å². The van der Waals surface area contributed by atoms with Crippen molar-refractivity contribution in [1.82, 2.24) is 14.8 Å². The second kappa shape index (κ2) is 4.30. The number of nitrogen functional groups attached to an aromatic ring is 1. The fourth-order valence-corrected chi connectivity index (χ4v) is 2.02. The van der Waals surface area contributed by atoms with E-state index in [1.807, 2.05) is 0 Å². The highest BCUT2D eigenvalue weighted by Gasteiger charge is 2.15. The van der Waals surface area contributed by atoms with Crippen molar-refractivity contribution in [2.75, 3.05) is 5.73 Å². The number of benzene rings is 1. The topological polar surface area (TPSA) is 99.8 Å². The Morgan fingerprint density at radius 2 is 2.15 bits per heavy atom. The van der Waals surface area contributed by atoms with Crippen molar-refractivity contribution in [3.8, 4) is 5.69 Å². The lowest BCUT2D eigenvalue weighted by atomic mass is 10.1. The van der Waals surface area contributed by atoms with E-state index in [0.29, 0.717) is 10.9 Å². The molecule has 7 heteroatoms. The van der Waals surface area contributed by atoms with Crippen molar-refractivity contribution < 1.29 is 9.18 Å². The predicted octanol–water partition coefficient (Wildman–Crippen LogP) is 1.24. The molecule has 0 spiro atoms. The SMILES string of the molecule is NC(=O)c1ccn(-c2c(F)cc(N)c3cccnc23)n1. The van der Waals surface area contributed by atoms with Gasteiger partial charge in [0.25, 0.3) is 5.91 Å². The number of hydrogen-bond donors (Lipinski definition) is 2. The molecule has 0 atom stereocenters. The van der Waals surface area contributed by atoms with Gasteiger partial charge in [0.1, 0.15) is 16.9 Å². The minimum Gasteiger partial charge on any atom is -0.398 e. The molecule has 4 N–H and O–H groups in total. The van der Waals surface area contributed by atoms with Gasteiger partial charge in [-0.15, -0.1) is 0 Å². The van der Waals surface area contributed by atoms with Crippen LogP contribution in [0, 0.1) is 5.82 Å². The smallest absolute Gasteiger partial charge is 0.269 e. The number of halogens is 1. The Kier molecular flexibility index (Phi) is 2.60. The van der Waals surface area contributed by atoms with Gasteiger partial charge in [-0.3, -0.25) is 9.78 Å². The molecule has 2 aromatic heterocycles. The molecule has 3 aromatic rings. The van der Waals surface area contributed by atoms with Crippen LogP contribution in [0.4, 0.5) is 10.1 Å². The Bertz CT molecular complexity index is 827. The molecule has 0 unspecified atom stereocenters. The fourth-order valence-electron chi connectivity index (χ4n) is 2.02. The largest absolute Gasteiger partial charge is 0.398 e. The molecule has 20 heavy (non-hydrogen) atoms. The summed E-state index contributed by atoms with van der Waals surface area (Å²) in [6.07, 6.45) is 2.98. The molecule has 1 aromatic carbocycles. The molecule has 0 aliphatic carbocycles. The van der Waals surface area contributed by atoms with Gasteiger partial charge in [-0.1, -0.05) is 0 Å². The van der Waals surface area contributed by atoms with Gasteiger partial charge in [-0.05, 0) is 24.3 Å². The van der Waals surface area contributed by atoms with E-state index in [1.165, 1.54) is 29.2 Å². The Balaban J connectivity index is 2.32. The highest BCUT2D eigenvalue weighted by molar-refractivity contribution is 5.96. The number of nitrogens with zero attached hydrogens (tertiary/aromatic N) is 3. The van der Waals surface area contributed by atoms with Crippen molar-refractivity contribution in [3.63, 3.8) is 0 Å². The quantitative estimate of drug-likeness (QED) is 0.685. The molecule has 0 bridgehead atoms. The summed E-state index contributed by atoms with van der Waals surface area (Å²) >= 11 is 0. The highest BCUT2D eigenvalue weighted by atomic mass is 19.1. The van der Waals surface area contributed by atoms with Gasteiger partial charge in [-0.2, -0.15) is 5.10 Å². The Labute approximate surface area is 112 Å². The van der Waals surface area contributed by atoms with Gasteiger partial charge in [-0.25, -0.2) is 9.07 Å². The lowest BCUT2D eigenvalue weighted by molar-refractivity contribution is 0.0995. The molecule has 0 aliphatic rings. The van der Waals surface area contributed by atoms with Crippen molar-refractivity contribution in [1.29, 1.82) is 0 Å². The first-order valence-corrected chi connectivity index (χ1v) is 5.76. The summed E-state index contributed by atoms with van der Waals surface area (Å²) in [6.45, 7) is 0. The third-order valence-corrected chi connectivity index (χ3v) is 2.92. The second-order valence-corrected chi connectivity index (χ2v) is 4.21. The molecule has 6 nitrogen and oxygen atoms in total. The zero-order valence-electron chi connectivity index (χ0n) is 10.2. The van der Waals surface area contributed by atoms with Gasteiger partial charge in [0.2, 0.25) is 0 Å². The Hall–Kier alpha value is -2.96. The monoisotopic (exact) mass is 271 g/mol. The summed E-state index contributed by atoms with van der Waals surface area (Å²) in [5, 5.41) is 4.55. The highest BCUT2D eigenvalue weighted by Crippen LogP contribution is 2.28. The van der Waals surface area contributed by atoms with Gasteiger partial charge in [0.15, 0.2) is 5.82 Å². The number of carbonyl (C=O) groups is 1. The first-order chi connectivity index (χ1) is 9.58. The molecule has 0 saturated carbocycles. The van der Waals surface area contributed by atoms with Gasteiger partial charge >= 0.3 is 0 Å². The summed E-state index contributed by atoms with van der Waals surface area (Å²) < 4.78 is 15.4. The van der Waals surface area contributed by atoms with Crippen LogP contribution in [0.15, 0.2) is 36.7 Å². The number of fused-ring (bicyclic) bond motifs is 1. The third-order valence-electron chi connectivity index (χ3n) is 2.92. The van der Waals surface area contributed by atoms with Crippen LogP contribution in [0.3, 0.4) is 0 Å². The standard InChI is InChI=1S/C13H10FN5O/c14-8-6-9(15)7-2-1-4-17-11(7)12(8)19-5-3-10(18-19)13(16)20/h1-6H,15H2,(H2,16,20). The maximum absolute atomic E-state index is 14.2. The normalized spacial score (nSPS) is 10.8. The number of pyridine rings is 1. The maximum Gasteiger partial charge on any atom is 0.269 e. The predicted molar refractivity (Wildman–Crippen MR) is 71.8 cm³/mol. The van der Waals surface area contributed by atoms with E-state index in [0.717, 1.165) is 0 Å². The van der Waals surface area contributed by atoms with Crippen LogP contribution in [0.5, 0.6) is 0 Å². The van der Waals surface area contributed by atoms with Crippen LogP contribution in [-0.4, -0.2) is 20.7 Å². The van der Waals surface area contributed by atoms with E-state index in [1.54, 1.807) is 12.1 Å². The third kappa shape index (κ3) is 1.76. The molecule has 100 valence electrons. The lowest BCUT2D eigenvalue weighted by Gasteiger charge is -2.09. The number of rotatable bonds is 2.